The first-order valence-electron chi connectivity index (χ1n) is 11.6. The van der Waals surface area contributed by atoms with Crippen LogP contribution < -0.4 is 10.9 Å². The van der Waals surface area contributed by atoms with Crippen molar-refractivity contribution in [2.75, 3.05) is 23.4 Å². The fourth-order valence-electron chi connectivity index (χ4n) is 4.34. The summed E-state index contributed by atoms with van der Waals surface area (Å²) in [7, 11) is 0. The Kier molecular flexibility index (Phi) is 7.36. The van der Waals surface area contributed by atoms with Crippen molar-refractivity contribution in [1.29, 1.82) is 0 Å². The van der Waals surface area contributed by atoms with E-state index in [4.69, 9.17) is 4.74 Å². The SMILES string of the molecule is CCOC(=O)c1c(NC(=O)CSc2nc3c(c(=O)n2-c2ccc([N+](=O)[O-])cc2)SCC3)sc2c1CCC2. The summed E-state index contributed by atoms with van der Waals surface area (Å²) in [6, 6.07) is 5.65. The number of nitrogens with zero attached hydrogens (tertiary/aromatic N) is 3. The van der Waals surface area contributed by atoms with Crippen molar-refractivity contribution in [2.45, 2.75) is 42.7 Å². The number of hydrogen-bond donors (Lipinski definition) is 1. The first-order chi connectivity index (χ1) is 17.9. The van der Waals surface area contributed by atoms with Gasteiger partial charge in [-0.05, 0) is 43.9 Å². The van der Waals surface area contributed by atoms with Gasteiger partial charge >= 0.3 is 5.97 Å². The second kappa shape index (κ2) is 10.7. The number of nitro benzene ring substituents is 1. The van der Waals surface area contributed by atoms with Gasteiger partial charge in [0.2, 0.25) is 5.91 Å². The highest BCUT2D eigenvalue weighted by Gasteiger charge is 2.29. The predicted molar refractivity (Wildman–Crippen MR) is 143 cm³/mol. The highest BCUT2D eigenvalue weighted by molar-refractivity contribution is 8.00. The van der Waals surface area contributed by atoms with E-state index in [0.29, 0.717) is 38.4 Å². The Bertz CT molecular complexity index is 1460. The van der Waals surface area contributed by atoms with Gasteiger partial charge in [0, 0.05) is 29.2 Å². The number of hydrogen-bond acceptors (Lipinski definition) is 10. The molecule has 1 N–H and O–H groups in total. The van der Waals surface area contributed by atoms with Crippen LogP contribution in [0.3, 0.4) is 0 Å². The lowest BCUT2D eigenvalue weighted by atomic mass is 10.1. The number of anilines is 1. The predicted octanol–water partition coefficient (Wildman–Crippen LogP) is 4.25. The number of amides is 1. The topological polar surface area (TPSA) is 133 Å². The maximum atomic E-state index is 13.3. The number of thioether (sulfide) groups is 2. The molecule has 0 saturated heterocycles. The fourth-order valence-corrected chi connectivity index (χ4v) is 7.49. The van der Waals surface area contributed by atoms with Crippen molar-refractivity contribution >= 4 is 57.4 Å². The smallest absolute Gasteiger partial charge is 0.341 e. The molecule has 0 unspecified atom stereocenters. The molecule has 2 aromatic heterocycles. The van der Waals surface area contributed by atoms with Gasteiger partial charge in [-0.1, -0.05) is 11.8 Å². The van der Waals surface area contributed by atoms with Crippen LogP contribution in [-0.4, -0.2) is 44.5 Å². The molecule has 3 aromatic rings. The maximum Gasteiger partial charge on any atom is 0.341 e. The highest BCUT2D eigenvalue weighted by Crippen LogP contribution is 2.39. The minimum atomic E-state index is -0.506. The summed E-state index contributed by atoms with van der Waals surface area (Å²) < 4.78 is 6.62. The molecule has 0 atom stereocenters. The van der Waals surface area contributed by atoms with Crippen LogP contribution >= 0.6 is 34.9 Å². The van der Waals surface area contributed by atoms with Gasteiger partial charge in [-0.15, -0.1) is 23.1 Å². The summed E-state index contributed by atoms with van der Waals surface area (Å²) in [5.41, 5.74) is 2.16. The zero-order chi connectivity index (χ0) is 26.1. The quantitative estimate of drug-likeness (QED) is 0.142. The monoisotopic (exact) mass is 558 g/mol. The zero-order valence-corrected chi connectivity index (χ0v) is 22.2. The molecule has 0 fully saturated rings. The molecule has 0 saturated carbocycles. The summed E-state index contributed by atoms with van der Waals surface area (Å²) in [5, 5.41) is 14.7. The summed E-state index contributed by atoms with van der Waals surface area (Å²) in [4.78, 5) is 55.7. The number of esters is 1. The third-order valence-electron chi connectivity index (χ3n) is 5.97. The van der Waals surface area contributed by atoms with Crippen LogP contribution in [0.1, 0.15) is 39.8 Å². The molecule has 5 rings (SSSR count). The van der Waals surface area contributed by atoms with Crippen molar-refractivity contribution in [3.8, 4) is 5.69 Å². The average molecular weight is 559 g/mol. The van der Waals surface area contributed by atoms with Crippen molar-refractivity contribution in [3.05, 3.63) is 66.4 Å². The number of nitrogens with one attached hydrogen (secondary N) is 1. The van der Waals surface area contributed by atoms with Gasteiger partial charge in [-0.3, -0.25) is 24.3 Å². The van der Waals surface area contributed by atoms with Gasteiger partial charge < -0.3 is 10.1 Å². The molecular weight excluding hydrogens is 536 g/mol. The molecule has 1 amide bonds. The molecule has 0 spiro atoms. The Hall–Kier alpha value is -3.16. The normalized spacial score (nSPS) is 13.8. The number of carbonyl (C=O) groups excluding carboxylic acids is 2. The number of thiophene rings is 1. The van der Waals surface area contributed by atoms with Crippen molar-refractivity contribution in [1.82, 2.24) is 9.55 Å². The molecular formula is C24H22N4O6S3. The Balaban J connectivity index is 1.40. The van der Waals surface area contributed by atoms with Gasteiger partial charge in [0.05, 0.1) is 39.1 Å². The lowest BCUT2D eigenvalue weighted by molar-refractivity contribution is -0.384. The van der Waals surface area contributed by atoms with Gasteiger partial charge in [0.15, 0.2) is 5.16 Å². The number of aryl methyl sites for hydroxylation is 2. The molecule has 13 heteroatoms. The van der Waals surface area contributed by atoms with Crippen LogP contribution in [-0.2, 0) is 28.8 Å². The molecule has 3 heterocycles. The summed E-state index contributed by atoms with van der Waals surface area (Å²) in [6.45, 7) is 1.99. The van der Waals surface area contributed by atoms with E-state index in [1.54, 1.807) is 6.92 Å². The van der Waals surface area contributed by atoms with Crippen LogP contribution in [0.25, 0.3) is 5.69 Å². The average Bonchev–Trinajstić information content (AvgIpc) is 3.59. The first-order valence-corrected chi connectivity index (χ1v) is 14.4. The Morgan fingerprint density at radius 3 is 2.76 bits per heavy atom. The summed E-state index contributed by atoms with van der Waals surface area (Å²) in [6.07, 6.45) is 3.28. The van der Waals surface area contributed by atoms with E-state index in [-0.39, 0.29) is 29.5 Å². The van der Waals surface area contributed by atoms with Crippen molar-refractivity contribution < 1.29 is 19.2 Å². The third kappa shape index (κ3) is 5.03. The van der Waals surface area contributed by atoms with E-state index in [1.165, 1.54) is 51.9 Å². The molecule has 192 valence electrons. The zero-order valence-electron chi connectivity index (χ0n) is 19.8. The lowest BCUT2D eigenvalue weighted by Crippen LogP contribution is -2.24. The number of fused-ring (bicyclic) bond motifs is 2. The minimum Gasteiger partial charge on any atom is -0.462 e. The van der Waals surface area contributed by atoms with Gasteiger partial charge in [0.25, 0.3) is 11.2 Å². The Morgan fingerprint density at radius 1 is 1.24 bits per heavy atom. The molecule has 1 aliphatic carbocycles. The second-order valence-electron chi connectivity index (χ2n) is 8.30. The Morgan fingerprint density at radius 2 is 2.03 bits per heavy atom. The first kappa shape index (κ1) is 25.5. The van der Waals surface area contributed by atoms with E-state index < -0.39 is 10.9 Å². The molecule has 1 aliphatic heterocycles. The van der Waals surface area contributed by atoms with E-state index in [0.717, 1.165) is 47.2 Å². The number of ether oxygens (including phenoxy) is 1. The van der Waals surface area contributed by atoms with Crippen LogP contribution in [0.2, 0.25) is 0 Å². The second-order valence-corrected chi connectivity index (χ2v) is 11.5. The highest BCUT2D eigenvalue weighted by atomic mass is 32.2. The summed E-state index contributed by atoms with van der Waals surface area (Å²) in [5.74, 6) is -0.0769. The summed E-state index contributed by atoms with van der Waals surface area (Å²) >= 11 is 3.94. The molecule has 1 aromatic carbocycles. The standard InChI is InChI=1S/C24H22N4O6S3/c1-2-34-23(31)19-15-4-3-5-17(15)37-21(19)26-18(29)12-36-24-25-16-10-11-35-20(16)22(30)27(24)13-6-8-14(9-7-13)28(32)33/h6-9H,2-5,10-12H2,1H3,(H,26,29). The van der Waals surface area contributed by atoms with Crippen LogP contribution in [0.5, 0.6) is 0 Å². The number of carbonyl (C=O) groups is 2. The lowest BCUT2D eigenvalue weighted by Gasteiger charge is -2.14. The molecule has 37 heavy (non-hydrogen) atoms. The van der Waals surface area contributed by atoms with Crippen LogP contribution in [0.15, 0.2) is 39.1 Å². The van der Waals surface area contributed by atoms with E-state index in [1.807, 2.05) is 0 Å². The molecule has 0 bridgehead atoms. The number of aromatic nitrogens is 2. The number of nitro groups is 1. The van der Waals surface area contributed by atoms with Crippen LogP contribution in [0, 0.1) is 10.1 Å². The number of non-ortho nitro benzene ring substituents is 1. The third-order valence-corrected chi connectivity index (χ3v) is 9.22. The van der Waals surface area contributed by atoms with E-state index >= 15 is 0 Å². The van der Waals surface area contributed by atoms with Gasteiger partial charge in [-0.2, -0.15) is 0 Å². The molecule has 0 radical (unpaired) electrons. The van der Waals surface area contributed by atoms with Gasteiger partial charge in [-0.25, -0.2) is 9.78 Å². The van der Waals surface area contributed by atoms with Crippen LogP contribution in [0.4, 0.5) is 10.7 Å². The Labute approximate surface area is 224 Å². The van der Waals surface area contributed by atoms with Crippen molar-refractivity contribution in [3.63, 3.8) is 0 Å². The fraction of sp³-hybridized carbons (Fsp3) is 0.333. The van der Waals surface area contributed by atoms with Gasteiger partial charge in [0.1, 0.15) is 5.00 Å². The minimum absolute atomic E-state index is 0.0455. The molecule has 2 aliphatic rings. The van der Waals surface area contributed by atoms with Crippen molar-refractivity contribution in [2.24, 2.45) is 0 Å². The van der Waals surface area contributed by atoms with E-state index in [2.05, 4.69) is 10.3 Å². The number of rotatable bonds is 8. The number of benzene rings is 1. The van der Waals surface area contributed by atoms with E-state index in [9.17, 15) is 24.5 Å². The largest absolute Gasteiger partial charge is 0.462 e. The maximum absolute atomic E-state index is 13.3. The molecule has 10 nitrogen and oxygen atoms in total.